The van der Waals surface area contributed by atoms with Crippen LogP contribution in [0.4, 0.5) is 0 Å². The van der Waals surface area contributed by atoms with Gasteiger partial charge in [-0.15, -0.1) is 0 Å². The summed E-state index contributed by atoms with van der Waals surface area (Å²) in [7, 11) is 1.38. The van der Waals surface area contributed by atoms with Gasteiger partial charge in [-0.1, -0.05) is 68.4 Å². The summed E-state index contributed by atoms with van der Waals surface area (Å²) >= 11 is 0. The van der Waals surface area contributed by atoms with Gasteiger partial charge in [0.15, 0.2) is 0 Å². The van der Waals surface area contributed by atoms with E-state index in [2.05, 4.69) is 42.0 Å². The first kappa shape index (κ1) is 22.4. The van der Waals surface area contributed by atoms with E-state index in [0.717, 1.165) is 12.8 Å². The van der Waals surface area contributed by atoms with Gasteiger partial charge in [-0.05, 0) is 38.5 Å². The van der Waals surface area contributed by atoms with Gasteiger partial charge in [0.05, 0.1) is 13.2 Å². The minimum atomic E-state index is -0.507. The maximum Gasteiger partial charge on any atom is 0.305 e. The second-order valence-corrected chi connectivity index (χ2v) is 5.76. The highest BCUT2D eigenvalue weighted by molar-refractivity contribution is 5.68. The average molecular weight is 335 g/mol. The van der Waals surface area contributed by atoms with Crippen LogP contribution >= 0.6 is 0 Å². The van der Waals surface area contributed by atoms with Crippen LogP contribution in [-0.4, -0.2) is 24.3 Å². The number of hydrogen-bond acceptors (Lipinski definition) is 3. The minimum Gasteiger partial charge on any atom is -0.469 e. The summed E-state index contributed by atoms with van der Waals surface area (Å²) < 4.78 is 4.55. The lowest BCUT2D eigenvalue weighted by molar-refractivity contribution is -0.140. The Morgan fingerprint density at radius 1 is 1.00 bits per heavy atom. The molecule has 0 fully saturated rings. The Labute approximate surface area is 147 Å². The Kier molecular flexibility index (Phi) is 16.5. The van der Waals surface area contributed by atoms with E-state index in [1.807, 2.05) is 12.2 Å². The predicted molar refractivity (Wildman–Crippen MR) is 102 cm³/mol. The number of allylic oxidation sites excluding steroid dienone is 7. The molecule has 24 heavy (non-hydrogen) atoms. The van der Waals surface area contributed by atoms with Crippen LogP contribution in [0.3, 0.4) is 0 Å². The second-order valence-electron chi connectivity index (χ2n) is 5.76. The number of hydrogen-bond donors (Lipinski definition) is 1. The summed E-state index contributed by atoms with van der Waals surface area (Å²) in [6.07, 6.45) is 24.4. The van der Waals surface area contributed by atoms with E-state index in [-0.39, 0.29) is 5.97 Å². The van der Waals surface area contributed by atoms with Crippen molar-refractivity contribution in [2.75, 3.05) is 7.11 Å². The molecule has 0 amide bonds. The third kappa shape index (κ3) is 16.8. The lowest BCUT2D eigenvalue weighted by Gasteiger charge is -2.03. The number of aliphatic hydroxyl groups is 1. The molecule has 0 radical (unpaired) electrons. The highest BCUT2D eigenvalue weighted by atomic mass is 16.5. The molecular formula is C21H34O3. The largest absolute Gasteiger partial charge is 0.469 e. The molecule has 0 heterocycles. The molecule has 0 unspecified atom stereocenters. The first-order valence-electron chi connectivity index (χ1n) is 9.08. The number of ether oxygens (including phenoxy) is 1. The van der Waals surface area contributed by atoms with Gasteiger partial charge < -0.3 is 9.84 Å². The molecule has 0 saturated heterocycles. The summed E-state index contributed by atoms with van der Waals surface area (Å²) in [5.41, 5.74) is 0. The molecule has 0 aromatic rings. The van der Waals surface area contributed by atoms with E-state index < -0.39 is 6.10 Å². The number of unbranched alkanes of at least 4 members (excludes halogenated alkanes) is 3. The second kappa shape index (κ2) is 17.7. The van der Waals surface area contributed by atoms with Crippen molar-refractivity contribution < 1.29 is 14.6 Å². The molecule has 0 aromatic heterocycles. The number of carbonyl (C=O) groups excluding carboxylic acids is 1. The van der Waals surface area contributed by atoms with E-state index in [9.17, 15) is 9.90 Å². The van der Waals surface area contributed by atoms with E-state index in [1.54, 1.807) is 6.08 Å². The summed E-state index contributed by atoms with van der Waals surface area (Å²) in [4.78, 5) is 10.9. The van der Waals surface area contributed by atoms with Crippen LogP contribution in [0, 0.1) is 0 Å². The van der Waals surface area contributed by atoms with Crippen molar-refractivity contribution in [3.05, 3.63) is 48.6 Å². The fourth-order valence-electron chi connectivity index (χ4n) is 2.08. The van der Waals surface area contributed by atoms with Crippen LogP contribution < -0.4 is 0 Å². The molecule has 1 atom stereocenters. The zero-order valence-corrected chi connectivity index (χ0v) is 15.3. The molecule has 0 bridgehead atoms. The van der Waals surface area contributed by atoms with Crippen molar-refractivity contribution in [3.63, 3.8) is 0 Å². The molecule has 0 aliphatic heterocycles. The van der Waals surface area contributed by atoms with Gasteiger partial charge in [0.2, 0.25) is 0 Å². The molecule has 0 aliphatic rings. The molecule has 3 heteroatoms. The number of methoxy groups -OCH3 is 1. The minimum absolute atomic E-state index is 0.228. The van der Waals surface area contributed by atoms with Crippen molar-refractivity contribution in [1.82, 2.24) is 0 Å². The lowest BCUT2D eigenvalue weighted by Crippen LogP contribution is -2.05. The quantitative estimate of drug-likeness (QED) is 0.203. The fraction of sp³-hybridized carbons (Fsp3) is 0.571. The van der Waals surface area contributed by atoms with Crippen LogP contribution in [0.5, 0.6) is 0 Å². The Morgan fingerprint density at radius 2 is 1.71 bits per heavy atom. The Balaban J connectivity index is 3.62. The number of rotatable bonds is 14. The summed E-state index contributed by atoms with van der Waals surface area (Å²) in [6, 6.07) is 0. The van der Waals surface area contributed by atoms with Gasteiger partial charge in [-0.25, -0.2) is 0 Å². The number of aliphatic hydroxyl groups excluding tert-OH is 1. The van der Waals surface area contributed by atoms with Crippen LogP contribution in [0.25, 0.3) is 0 Å². The smallest absolute Gasteiger partial charge is 0.305 e. The normalized spacial score (nSPS) is 13.6. The first-order chi connectivity index (χ1) is 11.7. The molecule has 0 saturated carbocycles. The maximum absolute atomic E-state index is 10.9. The predicted octanol–water partition coefficient (Wildman–Crippen LogP) is 5.28. The van der Waals surface area contributed by atoms with Crippen LogP contribution in [-0.2, 0) is 9.53 Å². The first-order valence-corrected chi connectivity index (χ1v) is 9.08. The maximum atomic E-state index is 10.9. The third-order valence-corrected chi connectivity index (χ3v) is 3.54. The van der Waals surface area contributed by atoms with Crippen molar-refractivity contribution in [1.29, 1.82) is 0 Å². The molecule has 3 nitrogen and oxygen atoms in total. The average Bonchev–Trinajstić information content (AvgIpc) is 2.58. The van der Waals surface area contributed by atoms with Crippen molar-refractivity contribution in [3.8, 4) is 0 Å². The van der Waals surface area contributed by atoms with E-state index >= 15 is 0 Å². The highest BCUT2D eigenvalue weighted by Crippen LogP contribution is 2.03. The summed E-state index contributed by atoms with van der Waals surface area (Å²) in [6.45, 7) is 2.22. The van der Waals surface area contributed by atoms with Crippen LogP contribution in [0.15, 0.2) is 48.6 Å². The van der Waals surface area contributed by atoms with Gasteiger partial charge in [0.25, 0.3) is 0 Å². The van der Waals surface area contributed by atoms with Crippen LogP contribution in [0.1, 0.15) is 64.7 Å². The zero-order valence-electron chi connectivity index (χ0n) is 15.3. The molecule has 0 rings (SSSR count). The number of carbonyl (C=O) groups is 1. The van der Waals surface area contributed by atoms with Gasteiger partial charge in [-0.2, -0.15) is 0 Å². The standard InChI is InChI=1S/C21H34O3/c1-3-4-5-6-7-8-9-10-11-12-13-14-15-17-20(22)18-16-19-21(23)24-2/h7-8,10-11,13-15,17,20,22H,3-6,9,12,16,18-19H2,1-2H3/b8-7+,11-10+,14-13+,17-15+/t20-/m0/s1. The summed E-state index contributed by atoms with van der Waals surface area (Å²) in [5, 5.41) is 9.72. The van der Waals surface area contributed by atoms with Crippen LogP contribution in [0.2, 0.25) is 0 Å². The molecule has 136 valence electrons. The lowest BCUT2D eigenvalue weighted by atomic mass is 10.1. The fourth-order valence-corrected chi connectivity index (χ4v) is 2.08. The van der Waals surface area contributed by atoms with Gasteiger partial charge >= 0.3 is 5.97 Å². The monoisotopic (exact) mass is 334 g/mol. The van der Waals surface area contributed by atoms with Gasteiger partial charge in [0, 0.05) is 6.42 Å². The Morgan fingerprint density at radius 3 is 2.42 bits per heavy atom. The topological polar surface area (TPSA) is 46.5 Å². The van der Waals surface area contributed by atoms with Crippen molar-refractivity contribution >= 4 is 5.97 Å². The van der Waals surface area contributed by atoms with E-state index in [1.165, 1.54) is 32.8 Å². The van der Waals surface area contributed by atoms with E-state index in [4.69, 9.17) is 0 Å². The number of esters is 1. The SMILES string of the molecule is CCCCC/C=C/C/C=C/C/C=C/C=C/[C@H](O)CCCC(=O)OC. The Hall–Kier alpha value is -1.61. The van der Waals surface area contributed by atoms with Gasteiger partial charge in [0.1, 0.15) is 0 Å². The third-order valence-electron chi connectivity index (χ3n) is 3.54. The zero-order chi connectivity index (χ0) is 17.9. The molecule has 0 aromatic carbocycles. The van der Waals surface area contributed by atoms with Crippen molar-refractivity contribution in [2.24, 2.45) is 0 Å². The molecule has 0 spiro atoms. The highest BCUT2D eigenvalue weighted by Gasteiger charge is 2.02. The van der Waals surface area contributed by atoms with Crippen molar-refractivity contribution in [2.45, 2.75) is 70.8 Å². The molecule has 1 N–H and O–H groups in total. The van der Waals surface area contributed by atoms with Gasteiger partial charge in [-0.3, -0.25) is 4.79 Å². The molecular weight excluding hydrogens is 300 g/mol. The molecule has 0 aliphatic carbocycles. The van der Waals surface area contributed by atoms with E-state index in [0.29, 0.717) is 19.3 Å². The summed E-state index contributed by atoms with van der Waals surface area (Å²) in [5.74, 6) is -0.228. The Bertz CT molecular complexity index is 405.